The summed E-state index contributed by atoms with van der Waals surface area (Å²) >= 11 is 0. The second kappa shape index (κ2) is 3.98. The number of hydrogen-bond acceptors (Lipinski definition) is 2. The monoisotopic (exact) mass is 240 g/mol. The SMILES string of the molecule is C[NH+](C)CC(=O)O[C@@H]1C[C@@H]2CC[C@@]1(C)C2(C)C. The lowest BCUT2D eigenvalue weighted by atomic mass is 9.70. The van der Waals surface area contributed by atoms with Crippen LogP contribution in [0.25, 0.3) is 0 Å². The van der Waals surface area contributed by atoms with E-state index in [-0.39, 0.29) is 17.5 Å². The fraction of sp³-hybridized carbons (Fsp3) is 0.929. The van der Waals surface area contributed by atoms with Gasteiger partial charge in [0.05, 0.1) is 14.1 Å². The van der Waals surface area contributed by atoms with E-state index in [0.717, 1.165) is 17.2 Å². The molecule has 98 valence electrons. The van der Waals surface area contributed by atoms with E-state index >= 15 is 0 Å². The maximum absolute atomic E-state index is 11.8. The molecule has 0 unspecified atom stereocenters. The number of esters is 1. The first kappa shape index (κ1) is 12.9. The van der Waals surface area contributed by atoms with Crippen LogP contribution in [0.2, 0.25) is 0 Å². The molecular formula is C14H26NO2+. The minimum Gasteiger partial charge on any atom is -0.458 e. The van der Waals surface area contributed by atoms with Crippen LogP contribution < -0.4 is 4.90 Å². The van der Waals surface area contributed by atoms with Gasteiger partial charge >= 0.3 is 5.97 Å². The molecule has 3 heteroatoms. The lowest BCUT2D eigenvalue weighted by molar-refractivity contribution is -0.850. The van der Waals surface area contributed by atoms with Gasteiger partial charge in [-0.05, 0) is 30.6 Å². The van der Waals surface area contributed by atoms with Crippen molar-refractivity contribution >= 4 is 5.97 Å². The van der Waals surface area contributed by atoms with Crippen molar-refractivity contribution in [2.45, 2.75) is 46.1 Å². The summed E-state index contributed by atoms with van der Waals surface area (Å²) in [7, 11) is 3.96. The number of carbonyl (C=O) groups excluding carboxylic acids is 1. The van der Waals surface area contributed by atoms with Crippen LogP contribution in [-0.2, 0) is 9.53 Å². The molecule has 2 aliphatic rings. The summed E-state index contributed by atoms with van der Waals surface area (Å²) in [5.41, 5.74) is 0.512. The number of ether oxygens (including phenoxy) is 1. The molecule has 2 bridgehead atoms. The van der Waals surface area contributed by atoms with E-state index in [1.807, 2.05) is 14.1 Å². The summed E-state index contributed by atoms with van der Waals surface area (Å²) in [6.07, 6.45) is 3.72. The summed E-state index contributed by atoms with van der Waals surface area (Å²) in [6.45, 7) is 7.46. The van der Waals surface area contributed by atoms with Crippen molar-refractivity contribution in [3.8, 4) is 0 Å². The van der Waals surface area contributed by atoms with Gasteiger partial charge in [-0.2, -0.15) is 0 Å². The lowest BCUT2D eigenvalue weighted by Crippen LogP contribution is -3.06. The number of likely N-dealkylation sites (N-methyl/N-ethyl adjacent to an activating group) is 1. The molecule has 17 heavy (non-hydrogen) atoms. The molecule has 0 aliphatic heterocycles. The van der Waals surface area contributed by atoms with Crippen molar-refractivity contribution < 1.29 is 14.4 Å². The number of quaternary nitrogens is 1. The van der Waals surface area contributed by atoms with Crippen LogP contribution in [0.4, 0.5) is 0 Å². The fourth-order valence-electron chi connectivity index (χ4n) is 3.80. The third-order valence-electron chi connectivity index (χ3n) is 5.49. The molecule has 0 aromatic heterocycles. The first-order valence-corrected chi connectivity index (χ1v) is 6.76. The van der Waals surface area contributed by atoms with Crippen molar-refractivity contribution in [3.05, 3.63) is 0 Å². The number of fused-ring (bicyclic) bond motifs is 2. The highest BCUT2D eigenvalue weighted by Crippen LogP contribution is 2.66. The molecule has 3 atom stereocenters. The highest BCUT2D eigenvalue weighted by Gasteiger charge is 2.62. The van der Waals surface area contributed by atoms with E-state index in [4.69, 9.17) is 4.74 Å². The Labute approximate surface area is 105 Å². The molecule has 0 aromatic rings. The van der Waals surface area contributed by atoms with Crippen LogP contribution in [0.3, 0.4) is 0 Å². The van der Waals surface area contributed by atoms with Gasteiger partial charge < -0.3 is 9.64 Å². The summed E-state index contributed by atoms with van der Waals surface area (Å²) in [6, 6.07) is 0. The van der Waals surface area contributed by atoms with Crippen LogP contribution in [-0.4, -0.2) is 32.7 Å². The Hall–Kier alpha value is -0.570. The highest BCUT2D eigenvalue weighted by molar-refractivity contribution is 5.70. The van der Waals surface area contributed by atoms with Gasteiger partial charge in [0.1, 0.15) is 6.10 Å². The lowest BCUT2D eigenvalue weighted by Gasteiger charge is -2.38. The van der Waals surface area contributed by atoms with Gasteiger partial charge in [0.25, 0.3) is 0 Å². The Morgan fingerprint density at radius 1 is 1.35 bits per heavy atom. The van der Waals surface area contributed by atoms with E-state index in [2.05, 4.69) is 20.8 Å². The van der Waals surface area contributed by atoms with Crippen molar-refractivity contribution in [1.82, 2.24) is 0 Å². The molecule has 0 radical (unpaired) electrons. The van der Waals surface area contributed by atoms with Crippen LogP contribution in [0.5, 0.6) is 0 Å². The first-order chi connectivity index (χ1) is 7.77. The molecule has 0 spiro atoms. The van der Waals surface area contributed by atoms with Crippen molar-refractivity contribution in [1.29, 1.82) is 0 Å². The molecule has 2 aliphatic carbocycles. The molecule has 0 amide bonds. The fourth-order valence-corrected chi connectivity index (χ4v) is 3.80. The summed E-state index contributed by atoms with van der Waals surface area (Å²) in [4.78, 5) is 12.9. The van der Waals surface area contributed by atoms with Gasteiger partial charge in [-0.25, -0.2) is 4.79 Å². The number of carbonyl (C=O) groups is 1. The van der Waals surface area contributed by atoms with Crippen LogP contribution in [0.1, 0.15) is 40.0 Å². The van der Waals surface area contributed by atoms with Crippen LogP contribution >= 0.6 is 0 Å². The van der Waals surface area contributed by atoms with Gasteiger partial charge in [0, 0.05) is 5.41 Å². The Morgan fingerprint density at radius 3 is 2.41 bits per heavy atom. The molecule has 3 nitrogen and oxygen atoms in total. The third kappa shape index (κ3) is 1.88. The maximum Gasteiger partial charge on any atom is 0.361 e. The van der Waals surface area contributed by atoms with Gasteiger partial charge in [-0.3, -0.25) is 0 Å². The summed E-state index contributed by atoms with van der Waals surface area (Å²) < 4.78 is 5.73. The average molecular weight is 240 g/mol. The number of nitrogens with one attached hydrogen (secondary N) is 1. The second-order valence-electron chi connectivity index (χ2n) is 6.97. The Bertz CT molecular complexity index is 324. The Balaban J connectivity index is 2.03. The van der Waals surface area contributed by atoms with Gasteiger partial charge in [-0.15, -0.1) is 0 Å². The quantitative estimate of drug-likeness (QED) is 0.743. The standard InChI is InChI=1S/C14H25NO2/c1-13(2)10-6-7-14(13,3)11(8-10)17-12(16)9-15(4)5/h10-11H,6-9H2,1-5H3/p+1/t10-,11+,14+/m0/s1. The van der Waals surface area contributed by atoms with Gasteiger partial charge in [-0.1, -0.05) is 20.8 Å². The van der Waals surface area contributed by atoms with E-state index < -0.39 is 0 Å². The smallest absolute Gasteiger partial charge is 0.361 e. The van der Waals surface area contributed by atoms with Crippen LogP contribution in [0, 0.1) is 16.7 Å². The van der Waals surface area contributed by atoms with E-state index in [0.29, 0.717) is 12.0 Å². The zero-order valence-electron chi connectivity index (χ0n) is 11.8. The predicted octanol–water partition coefficient (Wildman–Crippen LogP) is 0.889. The zero-order valence-corrected chi connectivity index (χ0v) is 11.8. The average Bonchev–Trinajstić information content (AvgIpc) is 2.49. The first-order valence-electron chi connectivity index (χ1n) is 6.76. The third-order valence-corrected chi connectivity index (χ3v) is 5.49. The number of hydrogen-bond donors (Lipinski definition) is 1. The molecule has 0 heterocycles. The van der Waals surface area contributed by atoms with Crippen molar-refractivity contribution in [3.63, 3.8) is 0 Å². The largest absolute Gasteiger partial charge is 0.458 e. The number of rotatable bonds is 3. The second-order valence-corrected chi connectivity index (χ2v) is 6.97. The summed E-state index contributed by atoms with van der Waals surface area (Å²) in [5.74, 6) is 0.691. The minimum atomic E-state index is -0.0421. The summed E-state index contributed by atoms with van der Waals surface area (Å²) in [5, 5.41) is 0. The molecule has 0 saturated heterocycles. The maximum atomic E-state index is 11.8. The molecule has 2 saturated carbocycles. The minimum absolute atomic E-state index is 0.0421. The van der Waals surface area contributed by atoms with Crippen LogP contribution in [0.15, 0.2) is 0 Å². The van der Waals surface area contributed by atoms with E-state index in [1.165, 1.54) is 12.8 Å². The van der Waals surface area contributed by atoms with Gasteiger partial charge in [0.15, 0.2) is 6.54 Å². The van der Waals surface area contributed by atoms with Crippen molar-refractivity contribution in [2.75, 3.05) is 20.6 Å². The molecule has 2 fully saturated rings. The normalized spacial score (nSPS) is 38.7. The topological polar surface area (TPSA) is 30.7 Å². The zero-order chi connectivity index (χ0) is 12.8. The van der Waals surface area contributed by atoms with E-state index in [9.17, 15) is 4.79 Å². The molecule has 0 aromatic carbocycles. The van der Waals surface area contributed by atoms with Gasteiger partial charge in [0.2, 0.25) is 0 Å². The molecular weight excluding hydrogens is 214 g/mol. The molecule has 2 rings (SSSR count). The highest BCUT2D eigenvalue weighted by atomic mass is 16.5. The van der Waals surface area contributed by atoms with Crippen molar-refractivity contribution in [2.24, 2.45) is 16.7 Å². The molecule has 1 N–H and O–H groups in total. The Morgan fingerprint density at radius 2 is 2.00 bits per heavy atom. The predicted molar refractivity (Wildman–Crippen MR) is 66.8 cm³/mol. The Kier molecular flexibility index (Phi) is 3.01. The van der Waals surface area contributed by atoms with E-state index in [1.54, 1.807) is 0 Å².